The smallest absolute Gasteiger partial charge is 0.394 e. The van der Waals surface area contributed by atoms with Crippen LogP contribution in [0.4, 0.5) is 0 Å². The number of rotatable bonds is 14. The number of aryl methyl sites for hydroxylation is 2. The van der Waals surface area contributed by atoms with Crippen LogP contribution in [0.3, 0.4) is 0 Å². The molecular weight excluding hydrogens is 591 g/mol. The van der Waals surface area contributed by atoms with Crippen LogP contribution in [-0.4, -0.2) is 80.0 Å². The summed E-state index contributed by atoms with van der Waals surface area (Å²) in [7, 11) is -4.13. The first-order valence-electron chi connectivity index (χ1n) is 14.1. The Bertz CT molecular complexity index is 1540. The summed E-state index contributed by atoms with van der Waals surface area (Å²) in [5.74, 6) is 0. The van der Waals surface area contributed by atoms with Crippen molar-refractivity contribution >= 4 is 7.75 Å². The van der Waals surface area contributed by atoms with E-state index < -0.39 is 73.7 Å². The van der Waals surface area contributed by atoms with Gasteiger partial charge in [-0.3, -0.25) is 37.7 Å². The van der Waals surface area contributed by atoms with E-state index >= 15 is 0 Å². The van der Waals surface area contributed by atoms with Crippen LogP contribution in [0.25, 0.3) is 0 Å². The molecule has 0 amide bonds. The Morgan fingerprint density at radius 2 is 1.56 bits per heavy atom. The Balaban J connectivity index is 1.47. The van der Waals surface area contributed by atoms with E-state index in [4.69, 9.17) is 24.3 Å². The zero-order chi connectivity index (χ0) is 31.3. The highest BCUT2D eigenvalue weighted by Gasteiger charge is 2.43. The molecule has 0 bridgehead atoms. The van der Waals surface area contributed by atoms with Crippen molar-refractivity contribution in [3.05, 3.63) is 65.2 Å². The number of unbranched alkanes of at least 4 members (excludes halogenated alkanes) is 2. The summed E-state index contributed by atoms with van der Waals surface area (Å²) in [6, 6.07) is 0. The van der Waals surface area contributed by atoms with Crippen molar-refractivity contribution in [1.82, 2.24) is 24.2 Å². The Morgan fingerprint density at radius 3 is 2.14 bits per heavy atom. The molecule has 2 aliphatic rings. The second-order valence-corrected chi connectivity index (χ2v) is 12.4. The Morgan fingerprint density at radius 1 is 0.977 bits per heavy atom. The molecule has 0 radical (unpaired) electrons. The van der Waals surface area contributed by atoms with Crippen molar-refractivity contribution in [2.75, 3.05) is 26.3 Å². The number of H-pyrrole nitrogens is 2. The van der Waals surface area contributed by atoms with Crippen LogP contribution < -0.4 is 33.3 Å². The highest BCUT2D eigenvalue weighted by atomic mass is 31.2. The van der Waals surface area contributed by atoms with Gasteiger partial charge in [0, 0.05) is 42.9 Å². The minimum absolute atomic E-state index is 0.00206. The standard InChI is InChI=1S/C25H39N6O11P/c1-14-10-30(24(36)28-22(14)34)20-8-16(33)19(41-20)13-39-43(38,27-7-5-3-4-6-26)42-17-9-21(40-18(17)12-32)31-11-15(2)23(35)29-25(31)37/h10-11,16-21,32-33H,3-9,12-13,26H2,1-2H3,(H,27,38)(H,28,34,36)(H,29,35,37)/t16-,17-,18+,19+,20+,21+,43+/m0/s1. The van der Waals surface area contributed by atoms with Crippen molar-refractivity contribution in [2.24, 2.45) is 5.73 Å². The average Bonchev–Trinajstić information content (AvgIpc) is 3.53. The number of hydrogen-bond donors (Lipinski definition) is 6. The summed E-state index contributed by atoms with van der Waals surface area (Å²) >= 11 is 0. The first-order chi connectivity index (χ1) is 20.4. The van der Waals surface area contributed by atoms with Crippen LogP contribution in [0.15, 0.2) is 31.6 Å². The molecule has 7 atom stereocenters. The van der Waals surface area contributed by atoms with E-state index in [2.05, 4.69) is 15.1 Å². The van der Waals surface area contributed by atoms with Gasteiger partial charge in [0.1, 0.15) is 30.8 Å². The first kappa shape index (κ1) is 33.2. The van der Waals surface area contributed by atoms with Gasteiger partial charge in [0.2, 0.25) is 0 Å². The number of nitrogens with zero attached hydrogens (tertiary/aromatic N) is 2. The fraction of sp³-hybridized carbons (Fsp3) is 0.680. The topological polar surface area (TPSA) is 242 Å². The number of aromatic nitrogens is 4. The summed E-state index contributed by atoms with van der Waals surface area (Å²) in [6.45, 7) is 2.88. The number of hydrogen-bond acceptors (Lipinski definition) is 12. The fourth-order valence-electron chi connectivity index (χ4n) is 4.91. The molecular formula is C25H39N6O11P. The lowest BCUT2D eigenvalue weighted by molar-refractivity contribution is -0.0533. The minimum atomic E-state index is -4.13. The van der Waals surface area contributed by atoms with Crippen LogP contribution in [0.2, 0.25) is 0 Å². The molecule has 2 aromatic rings. The van der Waals surface area contributed by atoms with Crippen molar-refractivity contribution in [2.45, 2.75) is 82.8 Å². The predicted molar refractivity (Wildman–Crippen MR) is 152 cm³/mol. The monoisotopic (exact) mass is 630 g/mol. The molecule has 0 spiro atoms. The summed E-state index contributed by atoms with van der Waals surface area (Å²) in [5, 5.41) is 23.4. The number of nitrogens with one attached hydrogen (secondary N) is 3. The lowest BCUT2D eigenvalue weighted by Crippen LogP contribution is -2.34. The molecule has 240 valence electrons. The van der Waals surface area contributed by atoms with E-state index in [0.29, 0.717) is 13.0 Å². The van der Waals surface area contributed by atoms with E-state index in [1.165, 1.54) is 26.2 Å². The first-order valence-corrected chi connectivity index (χ1v) is 15.6. The molecule has 0 saturated carbocycles. The second-order valence-electron chi connectivity index (χ2n) is 10.6. The number of ether oxygens (including phenoxy) is 2. The highest BCUT2D eigenvalue weighted by molar-refractivity contribution is 7.51. The van der Waals surface area contributed by atoms with Crippen molar-refractivity contribution in [3.8, 4) is 0 Å². The van der Waals surface area contributed by atoms with Crippen LogP contribution in [0, 0.1) is 13.8 Å². The summed E-state index contributed by atoms with van der Waals surface area (Å²) in [6.07, 6.45) is -1.09. The molecule has 2 saturated heterocycles. The molecule has 4 rings (SSSR count). The van der Waals surface area contributed by atoms with Gasteiger partial charge in [-0.2, -0.15) is 0 Å². The highest BCUT2D eigenvalue weighted by Crippen LogP contribution is 2.49. The van der Waals surface area contributed by atoms with Gasteiger partial charge in [0.05, 0.1) is 19.3 Å². The lowest BCUT2D eigenvalue weighted by atomic mass is 10.2. The fourth-order valence-corrected chi connectivity index (χ4v) is 6.49. The van der Waals surface area contributed by atoms with Crippen LogP contribution >= 0.6 is 7.75 Å². The Labute approximate surface area is 245 Å². The molecule has 7 N–H and O–H groups in total. The molecule has 4 heterocycles. The predicted octanol–water partition coefficient (Wildman–Crippen LogP) is -1.14. The Hall–Kier alpha value is -2.73. The molecule has 2 aliphatic heterocycles. The van der Waals surface area contributed by atoms with Crippen molar-refractivity contribution in [1.29, 1.82) is 0 Å². The zero-order valence-corrected chi connectivity index (χ0v) is 24.9. The molecule has 0 aromatic carbocycles. The normalized spacial score (nSPS) is 27.0. The van der Waals surface area contributed by atoms with Crippen LogP contribution in [0.5, 0.6) is 0 Å². The number of aromatic amines is 2. The van der Waals surface area contributed by atoms with Crippen LogP contribution in [-0.2, 0) is 23.1 Å². The van der Waals surface area contributed by atoms with Crippen molar-refractivity contribution in [3.63, 3.8) is 0 Å². The zero-order valence-electron chi connectivity index (χ0n) is 24.0. The van der Waals surface area contributed by atoms with Crippen LogP contribution in [0.1, 0.15) is 55.7 Å². The second kappa shape index (κ2) is 14.4. The maximum Gasteiger partial charge on any atom is 0.405 e. The molecule has 18 heteroatoms. The van der Waals surface area contributed by atoms with E-state index in [0.717, 1.165) is 22.0 Å². The largest absolute Gasteiger partial charge is 0.405 e. The van der Waals surface area contributed by atoms with Gasteiger partial charge in [-0.05, 0) is 33.2 Å². The molecule has 2 aromatic heterocycles. The number of aliphatic hydroxyl groups is 2. The maximum absolute atomic E-state index is 14.0. The van der Waals surface area contributed by atoms with Gasteiger partial charge < -0.3 is 25.4 Å². The van der Waals surface area contributed by atoms with Gasteiger partial charge in [-0.25, -0.2) is 19.2 Å². The van der Waals surface area contributed by atoms with Gasteiger partial charge in [-0.1, -0.05) is 6.42 Å². The third-order valence-electron chi connectivity index (χ3n) is 7.35. The minimum Gasteiger partial charge on any atom is -0.394 e. The van der Waals surface area contributed by atoms with Gasteiger partial charge >= 0.3 is 19.1 Å². The molecule has 0 aliphatic carbocycles. The molecule has 17 nitrogen and oxygen atoms in total. The average molecular weight is 631 g/mol. The summed E-state index contributed by atoms with van der Waals surface area (Å²) in [4.78, 5) is 52.6. The van der Waals surface area contributed by atoms with E-state index in [-0.39, 0.29) is 37.1 Å². The molecule has 0 unspecified atom stereocenters. The van der Waals surface area contributed by atoms with Gasteiger partial charge in [0.25, 0.3) is 11.1 Å². The quantitative estimate of drug-likeness (QED) is 0.107. The van der Waals surface area contributed by atoms with Gasteiger partial charge in [-0.15, -0.1) is 0 Å². The Kier molecular flexibility index (Phi) is 11.1. The third-order valence-corrected chi connectivity index (χ3v) is 8.99. The number of aliphatic hydroxyl groups excluding tert-OH is 2. The van der Waals surface area contributed by atoms with E-state index in [9.17, 15) is 34.0 Å². The SMILES string of the molecule is Cc1cn([C@H]2C[C@H](O[P@@](=O)(NCCCCCN)OC[C@H]3O[C@@H](n4cc(C)c(=O)[nH]c4=O)C[C@@H]3O)[C@@H](CO)O2)c(=O)[nH]c1=O. The van der Waals surface area contributed by atoms with E-state index in [1.54, 1.807) is 0 Å². The lowest BCUT2D eigenvalue weighted by Gasteiger charge is -2.26. The van der Waals surface area contributed by atoms with Gasteiger partial charge in [0.15, 0.2) is 0 Å². The van der Waals surface area contributed by atoms with Crippen molar-refractivity contribution < 1.29 is 33.3 Å². The summed E-state index contributed by atoms with van der Waals surface area (Å²) in [5.41, 5.74) is 3.62. The third kappa shape index (κ3) is 8.06. The van der Waals surface area contributed by atoms with E-state index in [1.807, 2.05) is 0 Å². The number of nitrogens with two attached hydrogens (primary N) is 1. The summed E-state index contributed by atoms with van der Waals surface area (Å²) < 4.78 is 39.5. The maximum atomic E-state index is 14.0. The molecule has 43 heavy (non-hydrogen) atoms. The molecule has 2 fully saturated rings.